The number of ether oxygens (including phenoxy) is 1. The van der Waals surface area contributed by atoms with Crippen LogP contribution in [0.4, 0.5) is 5.69 Å². The number of hydrazone groups is 1. The molecule has 1 N–H and O–H groups in total. The van der Waals surface area contributed by atoms with E-state index in [1.54, 1.807) is 19.2 Å². The third-order valence-corrected chi connectivity index (χ3v) is 3.75. The van der Waals surface area contributed by atoms with E-state index < -0.39 is 0 Å². The highest BCUT2D eigenvalue weighted by Crippen LogP contribution is 2.16. The van der Waals surface area contributed by atoms with Crippen LogP contribution < -0.4 is 10.3 Å². The second-order valence-electron chi connectivity index (χ2n) is 5.28. The summed E-state index contributed by atoms with van der Waals surface area (Å²) in [5, 5.41) is 3.98. The molecule has 0 radical (unpaired) electrons. The SMILES string of the molecule is Cc1occc1C(=O)N/N=C\c1ccc(N2CCOCC2)cc1. The van der Waals surface area contributed by atoms with E-state index >= 15 is 0 Å². The number of nitrogens with one attached hydrogen (secondary N) is 1. The zero-order valence-electron chi connectivity index (χ0n) is 13.0. The van der Waals surface area contributed by atoms with Crippen LogP contribution in [-0.2, 0) is 4.74 Å². The number of aryl methyl sites for hydroxylation is 1. The number of hydrogen-bond donors (Lipinski definition) is 1. The molecule has 1 fully saturated rings. The maximum Gasteiger partial charge on any atom is 0.274 e. The van der Waals surface area contributed by atoms with Crippen molar-refractivity contribution in [2.75, 3.05) is 31.2 Å². The van der Waals surface area contributed by atoms with Crippen LogP contribution in [0.1, 0.15) is 21.7 Å². The second kappa shape index (κ2) is 7.11. The number of carbonyl (C=O) groups excluding carboxylic acids is 1. The van der Waals surface area contributed by atoms with Gasteiger partial charge in [-0.2, -0.15) is 5.10 Å². The molecule has 3 rings (SSSR count). The van der Waals surface area contributed by atoms with E-state index in [0.29, 0.717) is 11.3 Å². The minimum atomic E-state index is -0.280. The smallest absolute Gasteiger partial charge is 0.274 e. The quantitative estimate of drug-likeness (QED) is 0.694. The van der Waals surface area contributed by atoms with Crippen molar-refractivity contribution in [2.24, 2.45) is 5.10 Å². The molecule has 0 atom stereocenters. The third kappa shape index (κ3) is 3.78. The van der Waals surface area contributed by atoms with E-state index in [2.05, 4.69) is 27.6 Å². The van der Waals surface area contributed by atoms with Crippen LogP contribution in [-0.4, -0.2) is 38.4 Å². The Labute approximate surface area is 134 Å². The highest BCUT2D eigenvalue weighted by atomic mass is 16.5. The molecular weight excluding hydrogens is 294 g/mol. The van der Waals surface area contributed by atoms with Crippen LogP contribution in [0, 0.1) is 6.92 Å². The molecular formula is C17H19N3O3. The lowest BCUT2D eigenvalue weighted by Gasteiger charge is -2.28. The number of hydrogen-bond acceptors (Lipinski definition) is 5. The van der Waals surface area contributed by atoms with Crippen molar-refractivity contribution in [1.82, 2.24) is 5.43 Å². The molecule has 1 amide bonds. The maximum atomic E-state index is 11.9. The summed E-state index contributed by atoms with van der Waals surface area (Å²) >= 11 is 0. The number of morpholine rings is 1. The molecule has 0 aliphatic carbocycles. The molecule has 0 saturated carbocycles. The van der Waals surface area contributed by atoms with Gasteiger partial charge in [0.25, 0.3) is 5.91 Å². The van der Waals surface area contributed by atoms with Gasteiger partial charge in [-0.25, -0.2) is 5.43 Å². The fraction of sp³-hybridized carbons (Fsp3) is 0.294. The minimum absolute atomic E-state index is 0.280. The largest absolute Gasteiger partial charge is 0.469 e. The average Bonchev–Trinajstić information content (AvgIpc) is 3.02. The first-order chi connectivity index (χ1) is 11.2. The first kappa shape index (κ1) is 15.3. The van der Waals surface area contributed by atoms with Gasteiger partial charge in [0.15, 0.2) is 0 Å². The van der Waals surface area contributed by atoms with Gasteiger partial charge in [0.05, 0.1) is 31.3 Å². The molecule has 2 aromatic rings. The summed E-state index contributed by atoms with van der Waals surface area (Å²) in [6.07, 6.45) is 3.11. The molecule has 120 valence electrons. The Kier molecular flexibility index (Phi) is 4.73. The van der Waals surface area contributed by atoms with E-state index in [1.807, 2.05) is 12.1 Å². The number of benzene rings is 1. The molecule has 1 saturated heterocycles. The van der Waals surface area contributed by atoms with Gasteiger partial charge in [0.2, 0.25) is 0 Å². The van der Waals surface area contributed by atoms with Crippen molar-refractivity contribution < 1.29 is 13.9 Å². The highest BCUT2D eigenvalue weighted by Gasteiger charge is 2.11. The summed E-state index contributed by atoms with van der Waals surface area (Å²) in [4.78, 5) is 14.2. The summed E-state index contributed by atoms with van der Waals surface area (Å²) in [6, 6.07) is 9.67. The van der Waals surface area contributed by atoms with Crippen molar-refractivity contribution >= 4 is 17.8 Å². The average molecular weight is 313 g/mol. The van der Waals surface area contributed by atoms with Crippen LogP contribution >= 0.6 is 0 Å². The Balaban J connectivity index is 1.57. The Morgan fingerprint density at radius 2 is 1.96 bits per heavy atom. The van der Waals surface area contributed by atoms with E-state index in [4.69, 9.17) is 9.15 Å². The molecule has 0 unspecified atom stereocenters. The molecule has 0 spiro atoms. The summed E-state index contributed by atoms with van der Waals surface area (Å²) in [5.74, 6) is 0.296. The third-order valence-electron chi connectivity index (χ3n) is 3.75. The van der Waals surface area contributed by atoms with E-state index in [1.165, 1.54) is 12.0 Å². The first-order valence-electron chi connectivity index (χ1n) is 7.54. The Morgan fingerprint density at radius 3 is 2.61 bits per heavy atom. The predicted molar refractivity (Wildman–Crippen MR) is 88.0 cm³/mol. The lowest BCUT2D eigenvalue weighted by Crippen LogP contribution is -2.36. The first-order valence-corrected chi connectivity index (χ1v) is 7.54. The lowest BCUT2D eigenvalue weighted by molar-refractivity contribution is 0.0953. The van der Waals surface area contributed by atoms with Crippen molar-refractivity contribution in [3.63, 3.8) is 0 Å². The molecule has 6 nitrogen and oxygen atoms in total. The molecule has 1 aliphatic rings. The van der Waals surface area contributed by atoms with Gasteiger partial charge >= 0.3 is 0 Å². The molecule has 1 aromatic carbocycles. The van der Waals surface area contributed by atoms with Crippen molar-refractivity contribution in [3.05, 3.63) is 53.5 Å². The highest BCUT2D eigenvalue weighted by molar-refractivity contribution is 5.95. The normalized spacial score (nSPS) is 15.1. The molecule has 2 heterocycles. The monoisotopic (exact) mass is 313 g/mol. The number of amides is 1. The van der Waals surface area contributed by atoms with Gasteiger partial charge < -0.3 is 14.1 Å². The summed E-state index contributed by atoms with van der Waals surface area (Å²) < 4.78 is 10.4. The van der Waals surface area contributed by atoms with Gasteiger partial charge in [0.1, 0.15) is 5.76 Å². The molecule has 23 heavy (non-hydrogen) atoms. The van der Waals surface area contributed by atoms with Crippen LogP contribution in [0.25, 0.3) is 0 Å². The topological polar surface area (TPSA) is 67.1 Å². The standard InChI is InChI=1S/C17H19N3O3/c1-13-16(6-9-23-13)17(21)19-18-12-14-2-4-15(5-3-14)20-7-10-22-11-8-20/h2-6,9,12H,7-8,10-11H2,1H3,(H,19,21)/b18-12-. The van der Waals surface area contributed by atoms with E-state index in [0.717, 1.165) is 31.9 Å². The van der Waals surface area contributed by atoms with Crippen LogP contribution in [0.5, 0.6) is 0 Å². The maximum absolute atomic E-state index is 11.9. The van der Waals surface area contributed by atoms with Crippen LogP contribution in [0.3, 0.4) is 0 Å². The van der Waals surface area contributed by atoms with Gasteiger partial charge in [0, 0.05) is 18.8 Å². The van der Waals surface area contributed by atoms with Crippen LogP contribution in [0.15, 0.2) is 46.1 Å². The number of anilines is 1. The molecule has 0 bridgehead atoms. The van der Waals surface area contributed by atoms with E-state index in [9.17, 15) is 4.79 Å². The van der Waals surface area contributed by atoms with Gasteiger partial charge in [-0.15, -0.1) is 0 Å². The number of nitrogens with zero attached hydrogens (tertiary/aromatic N) is 2. The van der Waals surface area contributed by atoms with Crippen molar-refractivity contribution in [2.45, 2.75) is 6.92 Å². The minimum Gasteiger partial charge on any atom is -0.469 e. The fourth-order valence-electron chi connectivity index (χ4n) is 2.44. The summed E-state index contributed by atoms with van der Waals surface area (Å²) in [5.41, 5.74) is 5.08. The van der Waals surface area contributed by atoms with Gasteiger partial charge in [-0.1, -0.05) is 12.1 Å². The number of carbonyl (C=O) groups is 1. The summed E-state index contributed by atoms with van der Waals surface area (Å²) in [7, 11) is 0. The van der Waals surface area contributed by atoms with Crippen LogP contribution in [0.2, 0.25) is 0 Å². The van der Waals surface area contributed by atoms with Gasteiger partial charge in [-0.05, 0) is 30.7 Å². The predicted octanol–water partition coefficient (Wildman–Crippen LogP) is 2.19. The zero-order valence-corrected chi connectivity index (χ0v) is 13.0. The number of rotatable bonds is 4. The Hall–Kier alpha value is -2.60. The molecule has 1 aliphatic heterocycles. The van der Waals surface area contributed by atoms with Crippen molar-refractivity contribution in [1.29, 1.82) is 0 Å². The van der Waals surface area contributed by atoms with Gasteiger partial charge in [-0.3, -0.25) is 4.79 Å². The van der Waals surface area contributed by atoms with E-state index in [-0.39, 0.29) is 5.91 Å². The fourth-order valence-corrected chi connectivity index (χ4v) is 2.44. The Morgan fingerprint density at radius 1 is 1.22 bits per heavy atom. The molecule has 6 heteroatoms. The zero-order chi connectivity index (χ0) is 16.1. The second-order valence-corrected chi connectivity index (χ2v) is 5.28. The van der Waals surface area contributed by atoms with Crippen molar-refractivity contribution in [3.8, 4) is 0 Å². The number of furan rings is 1. The Bertz CT molecular complexity index is 685. The lowest BCUT2D eigenvalue weighted by atomic mass is 10.2. The molecule has 1 aromatic heterocycles. The summed E-state index contributed by atoms with van der Waals surface area (Å²) in [6.45, 7) is 5.09.